The van der Waals surface area contributed by atoms with E-state index in [4.69, 9.17) is 4.74 Å². The molecule has 3 aromatic carbocycles. The van der Waals surface area contributed by atoms with Crippen LogP contribution in [0, 0.1) is 6.92 Å². The summed E-state index contributed by atoms with van der Waals surface area (Å²) < 4.78 is 6.10. The zero-order valence-corrected chi connectivity index (χ0v) is 18.2. The smallest absolute Gasteiger partial charge is 0.335 e. The molecule has 1 saturated heterocycles. The van der Waals surface area contributed by atoms with E-state index in [1.165, 1.54) is 6.08 Å². The van der Waals surface area contributed by atoms with Crippen molar-refractivity contribution >= 4 is 40.4 Å². The van der Waals surface area contributed by atoms with Crippen LogP contribution in [0.2, 0.25) is 0 Å². The van der Waals surface area contributed by atoms with Crippen molar-refractivity contribution in [2.45, 2.75) is 33.3 Å². The molecule has 0 spiro atoms. The lowest BCUT2D eigenvalue weighted by Gasteiger charge is -2.27. The first kappa shape index (κ1) is 21.3. The van der Waals surface area contributed by atoms with E-state index in [9.17, 15) is 14.4 Å². The highest BCUT2D eigenvalue weighted by molar-refractivity contribution is 6.39. The van der Waals surface area contributed by atoms with Crippen molar-refractivity contribution in [3.05, 3.63) is 77.4 Å². The third-order valence-electron chi connectivity index (χ3n) is 5.58. The molecular formula is C26H24N2O4. The van der Waals surface area contributed by atoms with Gasteiger partial charge in [0.05, 0.1) is 11.8 Å². The molecule has 1 aliphatic heterocycles. The molecule has 1 heterocycles. The van der Waals surface area contributed by atoms with E-state index < -0.39 is 17.8 Å². The van der Waals surface area contributed by atoms with Crippen LogP contribution in [0.25, 0.3) is 16.8 Å². The second-order valence-corrected chi connectivity index (χ2v) is 7.78. The summed E-state index contributed by atoms with van der Waals surface area (Å²) in [6.45, 7) is 5.79. The van der Waals surface area contributed by atoms with Crippen molar-refractivity contribution in [2.75, 3.05) is 4.90 Å². The minimum absolute atomic E-state index is 0.0470. The monoisotopic (exact) mass is 428 g/mol. The van der Waals surface area contributed by atoms with Gasteiger partial charge in [0, 0.05) is 5.56 Å². The molecule has 162 valence electrons. The standard InChI is InChI=1S/C26H24N2O4/c1-4-17(3)32-23-14-13-18-10-6-7-11-19(18)20(23)15-21-24(29)27-26(31)28(25(21)30)22-12-8-5-9-16(22)2/h5-15,17H,4H2,1-3H3,(H,27,29,31)/b21-15+. The molecule has 1 aliphatic rings. The Morgan fingerprint density at radius 3 is 2.47 bits per heavy atom. The summed E-state index contributed by atoms with van der Waals surface area (Å²) in [6.07, 6.45) is 2.28. The number of carbonyl (C=O) groups excluding carboxylic acids is 3. The predicted octanol–water partition coefficient (Wildman–Crippen LogP) is 4.99. The van der Waals surface area contributed by atoms with Crippen LogP contribution in [-0.2, 0) is 9.59 Å². The number of hydrogen-bond donors (Lipinski definition) is 1. The molecule has 1 fully saturated rings. The summed E-state index contributed by atoms with van der Waals surface area (Å²) in [4.78, 5) is 39.6. The Morgan fingerprint density at radius 2 is 1.72 bits per heavy atom. The molecule has 0 aromatic heterocycles. The van der Waals surface area contributed by atoms with Gasteiger partial charge in [-0.25, -0.2) is 9.69 Å². The van der Waals surface area contributed by atoms with Crippen LogP contribution in [0.3, 0.4) is 0 Å². The number of barbiturate groups is 1. The van der Waals surface area contributed by atoms with Crippen LogP contribution in [0.15, 0.2) is 66.2 Å². The molecule has 0 saturated carbocycles. The van der Waals surface area contributed by atoms with Gasteiger partial charge in [-0.05, 0) is 54.8 Å². The highest BCUT2D eigenvalue weighted by Gasteiger charge is 2.37. The molecule has 6 nitrogen and oxygen atoms in total. The van der Waals surface area contributed by atoms with Crippen molar-refractivity contribution in [3.63, 3.8) is 0 Å². The number of rotatable bonds is 5. The van der Waals surface area contributed by atoms with Gasteiger partial charge in [0.1, 0.15) is 11.3 Å². The third-order valence-corrected chi connectivity index (χ3v) is 5.58. The number of nitrogens with zero attached hydrogens (tertiary/aromatic N) is 1. The summed E-state index contributed by atoms with van der Waals surface area (Å²) in [5.74, 6) is -0.826. The van der Waals surface area contributed by atoms with Gasteiger partial charge in [-0.1, -0.05) is 55.5 Å². The number of hydrogen-bond acceptors (Lipinski definition) is 4. The van der Waals surface area contributed by atoms with E-state index in [0.29, 0.717) is 17.0 Å². The molecule has 4 amide bonds. The fourth-order valence-corrected chi connectivity index (χ4v) is 3.66. The lowest BCUT2D eigenvalue weighted by atomic mass is 9.99. The van der Waals surface area contributed by atoms with Crippen LogP contribution in [0.4, 0.5) is 10.5 Å². The minimum Gasteiger partial charge on any atom is -0.490 e. The van der Waals surface area contributed by atoms with E-state index >= 15 is 0 Å². The number of ether oxygens (including phenoxy) is 1. The normalized spacial score (nSPS) is 16.4. The summed E-state index contributed by atoms with van der Waals surface area (Å²) in [5.41, 5.74) is 1.68. The zero-order valence-electron chi connectivity index (χ0n) is 18.2. The maximum atomic E-state index is 13.4. The van der Waals surface area contributed by atoms with E-state index in [-0.39, 0.29) is 11.7 Å². The van der Waals surface area contributed by atoms with Crippen molar-refractivity contribution in [1.82, 2.24) is 5.32 Å². The summed E-state index contributed by atoms with van der Waals surface area (Å²) in [5, 5.41) is 4.09. The number of aryl methyl sites for hydroxylation is 1. The Balaban J connectivity index is 1.87. The number of urea groups is 1. The number of amides is 4. The van der Waals surface area contributed by atoms with Crippen molar-refractivity contribution in [1.29, 1.82) is 0 Å². The molecule has 32 heavy (non-hydrogen) atoms. The predicted molar refractivity (Wildman–Crippen MR) is 125 cm³/mol. The van der Waals surface area contributed by atoms with E-state index in [1.807, 2.05) is 56.3 Å². The Hall–Kier alpha value is -3.93. The number of para-hydroxylation sites is 1. The van der Waals surface area contributed by atoms with E-state index in [2.05, 4.69) is 5.32 Å². The van der Waals surface area contributed by atoms with Crippen molar-refractivity contribution in [3.8, 4) is 5.75 Å². The Labute approximate surface area is 186 Å². The first-order chi connectivity index (χ1) is 15.4. The van der Waals surface area contributed by atoms with Crippen LogP contribution >= 0.6 is 0 Å². The second-order valence-electron chi connectivity index (χ2n) is 7.78. The van der Waals surface area contributed by atoms with Crippen molar-refractivity contribution < 1.29 is 19.1 Å². The lowest BCUT2D eigenvalue weighted by Crippen LogP contribution is -2.54. The largest absolute Gasteiger partial charge is 0.490 e. The third kappa shape index (κ3) is 3.87. The number of carbonyl (C=O) groups is 3. The quantitative estimate of drug-likeness (QED) is 0.459. The average Bonchev–Trinajstić information content (AvgIpc) is 2.78. The van der Waals surface area contributed by atoms with Gasteiger partial charge < -0.3 is 4.74 Å². The van der Waals surface area contributed by atoms with Crippen LogP contribution in [0.1, 0.15) is 31.4 Å². The van der Waals surface area contributed by atoms with Gasteiger partial charge in [-0.3, -0.25) is 14.9 Å². The lowest BCUT2D eigenvalue weighted by molar-refractivity contribution is -0.122. The van der Waals surface area contributed by atoms with Crippen LogP contribution < -0.4 is 15.0 Å². The summed E-state index contributed by atoms with van der Waals surface area (Å²) in [6, 6.07) is 17.8. The summed E-state index contributed by atoms with van der Waals surface area (Å²) >= 11 is 0. The SMILES string of the molecule is CCC(C)Oc1ccc2ccccc2c1/C=C1\C(=O)NC(=O)N(c2ccccc2C)C1=O. The maximum Gasteiger partial charge on any atom is 0.335 e. The summed E-state index contributed by atoms with van der Waals surface area (Å²) in [7, 11) is 0. The Morgan fingerprint density at radius 1 is 1.00 bits per heavy atom. The molecule has 3 aromatic rings. The molecule has 0 radical (unpaired) electrons. The van der Waals surface area contributed by atoms with Crippen molar-refractivity contribution in [2.24, 2.45) is 0 Å². The molecule has 6 heteroatoms. The minimum atomic E-state index is -0.763. The number of imide groups is 2. The molecule has 1 N–H and O–H groups in total. The topological polar surface area (TPSA) is 75.7 Å². The van der Waals surface area contributed by atoms with Gasteiger partial charge in [0.15, 0.2) is 0 Å². The maximum absolute atomic E-state index is 13.4. The molecule has 1 unspecified atom stereocenters. The van der Waals surface area contributed by atoms with E-state index in [1.54, 1.807) is 25.1 Å². The second kappa shape index (κ2) is 8.67. The molecule has 4 rings (SSSR count). The number of benzene rings is 3. The van der Waals surface area contributed by atoms with Crippen LogP contribution in [0.5, 0.6) is 5.75 Å². The molecule has 0 bridgehead atoms. The number of nitrogens with one attached hydrogen (secondary N) is 1. The zero-order chi connectivity index (χ0) is 22.8. The van der Waals surface area contributed by atoms with E-state index in [0.717, 1.165) is 27.7 Å². The van der Waals surface area contributed by atoms with Gasteiger partial charge in [-0.2, -0.15) is 0 Å². The van der Waals surface area contributed by atoms with Gasteiger partial charge in [-0.15, -0.1) is 0 Å². The molecular weight excluding hydrogens is 404 g/mol. The van der Waals surface area contributed by atoms with Gasteiger partial charge in [0.2, 0.25) is 0 Å². The number of anilines is 1. The average molecular weight is 428 g/mol. The first-order valence-corrected chi connectivity index (χ1v) is 10.6. The van der Waals surface area contributed by atoms with Gasteiger partial charge in [0.25, 0.3) is 11.8 Å². The Bertz CT molecular complexity index is 1260. The molecule has 0 aliphatic carbocycles. The fraction of sp³-hybridized carbons (Fsp3) is 0.192. The highest BCUT2D eigenvalue weighted by Crippen LogP contribution is 2.33. The highest BCUT2D eigenvalue weighted by atomic mass is 16.5. The Kier molecular flexibility index (Phi) is 5.77. The van der Waals surface area contributed by atoms with Crippen LogP contribution in [-0.4, -0.2) is 23.9 Å². The molecule has 1 atom stereocenters. The number of fused-ring (bicyclic) bond motifs is 1. The fourth-order valence-electron chi connectivity index (χ4n) is 3.66. The van der Waals surface area contributed by atoms with Gasteiger partial charge >= 0.3 is 6.03 Å². The first-order valence-electron chi connectivity index (χ1n) is 10.6.